The van der Waals surface area contributed by atoms with Gasteiger partial charge in [0.15, 0.2) is 16.8 Å². The summed E-state index contributed by atoms with van der Waals surface area (Å²) in [6.07, 6.45) is 1.29. The number of hydrogen-bond donors (Lipinski definition) is 0. The van der Waals surface area contributed by atoms with E-state index in [2.05, 4.69) is 0 Å². The third-order valence-corrected chi connectivity index (χ3v) is 4.45. The van der Waals surface area contributed by atoms with Gasteiger partial charge in [0.1, 0.15) is 0 Å². The van der Waals surface area contributed by atoms with E-state index in [1.54, 1.807) is 6.92 Å². The Labute approximate surface area is 118 Å². The molecule has 4 heteroatoms. The standard InChI is InChI=1S/C16H18O4/c1-11-6-3-4-7-12(11)15(2)13(17)16(20-14(15)18)8-5-9-19-10-16/h3-4,6-7H,5,8-10H2,1-2H3. The molecule has 3 rings (SSSR count). The van der Waals surface area contributed by atoms with Crippen molar-refractivity contribution in [1.82, 2.24) is 0 Å². The van der Waals surface area contributed by atoms with Gasteiger partial charge in [-0.25, -0.2) is 0 Å². The summed E-state index contributed by atoms with van der Waals surface area (Å²) >= 11 is 0. The number of ketones is 1. The lowest BCUT2D eigenvalue weighted by atomic mass is 9.72. The van der Waals surface area contributed by atoms with E-state index < -0.39 is 17.0 Å². The van der Waals surface area contributed by atoms with Crippen LogP contribution < -0.4 is 0 Å². The van der Waals surface area contributed by atoms with Gasteiger partial charge < -0.3 is 9.47 Å². The average molecular weight is 274 g/mol. The van der Waals surface area contributed by atoms with Crippen LogP contribution in [0.15, 0.2) is 24.3 Å². The van der Waals surface area contributed by atoms with Gasteiger partial charge >= 0.3 is 5.97 Å². The van der Waals surface area contributed by atoms with Crippen LogP contribution in [0, 0.1) is 6.92 Å². The molecule has 0 bridgehead atoms. The highest BCUT2D eigenvalue weighted by Gasteiger charge is 2.63. The molecule has 2 aliphatic rings. The van der Waals surface area contributed by atoms with Crippen LogP contribution in [-0.2, 0) is 24.5 Å². The Morgan fingerprint density at radius 2 is 1.95 bits per heavy atom. The zero-order valence-electron chi connectivity index (χ0n) is 11.8. The molecular formula is C16H18O4. The fourth-order valence-corrected chi connectivity index (χ4v) is 3.27. The molecule has 0 radical (unpaired) electrons. The summed E-state index contributed by atoms with van der Waals surface area (Å²) < 4.78 is 10.9. The molecule has 2 unspecified atom stereocenters. The maximum absolute atomic E-state index is 12.9. The molecule has 4 nitrogen and oxygen atoms in total. The third-order valence-electron chi connectivity index (χ3n) is 4.45. The molecule has 2 atom stereocenters. The quantitative estimate of drug-likeness (QED) is 0.580. The van der Waals surface area contributed by atoms with Gasteiger partial charge in [-0.3, -0.25) is 9.59 Å². The molecule has 1 aromatic rings. The second kappa shape index (κ2) is 4.42. The number of Topliss-reactive ketones (excluding diaryl/α,β-unsaturated/α-hetero) is 1. The van der Waals surface area contributed by atoms with Crippen molar-refractivity contribution < 1.29 is 19.1 Å². The molecule has 0 saturated carbocycles. The number of carbonyl (C=O) groups excluding carboxylic acids is 2. The maximum Gasteiger partial charge on any atom is 0.325 e. The van der Waals surface area contributed by atoms with Crippen molar-refractivity contribution >= 4 is 11.8 Å². The van der Waals surface area contributed by atoms with Crippen LogP contribution in [0.1, 0.15) is 30.9 Å². The lowest BCUT2D eigenvalue weighted by molar-refractivity contribution is -0.164. The van der Waals surface area contributed by atoms with E-state index in [4.69, 9.17) is 9.47 Å². The Morgan fingerprint density at radius 3 is 2.60 bits per heavy atom. The van der Waals surface area contributed by atoms with E-state index in [1.807, 2.05) is 31.2 Å². The van der Waals surface area contributed by atoms with Crippen molar-refractivity contribution in [2.75, 3.05) is 13.2 Å². The highest BCUT2D eigenvalue weighted by molar-refractivity contribution is 6.18. The molecule has 0 aliphatic carbocycles. The van der Waals surface area contributed by atoms with Crippen LogP contribution in [0.2, 0.25) is 0 Å². The van der Waals surface area contributed by atoms with Crippen LogP contribution >= 0.6 is 0 Å². The Bertz CT molecular complexity index is 572. The summed E-state index contributed by atoms with van der Waals surface area (Å²) in [5.41, 5.74) is -0.634. The predicted octanol–water partition coefficient (Wildman–Crippen LogP) is 1.93. The van der Waals surface area contributed by atoms with Crippen molar-refractivity contribution in [3.8, 4) is 0 Å². The molecule has 20 heavy (non-hydrogen) atoms. The first-order chi connectivity index (χ1) is 9.51. The van der Waals surface area contributed by atoms with E-state index in [0.29, 0.717) is 13.0 Å². The summed E-state index contributed by atoms with van der Waals surface area (Å²) in [5.74, 6) is -0.619. The van der Waals surface area contributed by atoms with E-state index in [1.165, 1.54) is 0 Å². The first kappa shape index (κ1) is 13.3. The molecule has 0 aromatic heterocycles. The Morgan fingerprint density at radius 1 is 1.20 bits per heavy atom. The number of aryl methyl sites for hydroxylation is 1. The van der Waals surface area contributed by atoms with Gasteiger partial charge in [0.25, 0.3) is 0 Å². The summed E-state index contributed by atoms with van der Waals surface area (Å²) in [6, 6.07) is 7.48. The summed E-state index contributed by atoms with van der Waals surface area (Å²) in [5, 5.41) is 0. The number of carbonyl (C=O) groups is 2. The Hall–Kier alpha value is -1.68. The minimum absolute atomic E-state index is 0.163. The molecular weight excluding hydrogens is 256 g/mol. The molecule has 2 saturated heterocycles. The van der Waals surface area contributed by atoms with Crippen molar-refractivity contribution in [3.63, 3.8) is 0 Å². The Kier molecular flexibility index (Phi) is 2.94. The number of esters is 1. The number of ether oxygens (including phenoxy) is 2. The lowest BCUT2D eigenvalue weighted by Gasteiger charge is -2.30. The van der Waals surface area contributed by atoms with Crippen LogP contribution in [-0.4, -0.2) is 30.6 Å². The molecule has 1 spiro atoms. The van der Waals surface area contributed by atoms with Crippen LogP contribution in [0.3, 0.4) is 0 Å². The molecule has 0 N–H and O–H groups in total. The monoisotopic (exact) mass is 274 g/mol. The Balaban J connectivity index is 2.08. The van der Waals surface area contributed by atoms with E-state index >= 15 is 0 Å². The molecule has 2 fully saturated rings. The van der Waals surface area contributed by atoms with Gasteiger partial charge in [-0.05, 0) is 37.8 Å². The van der Waals surface area contributed by atoms with Gasteiger partial charge in [0, 0.05) is 6.61 Å². The zero-order chi connectivity index (χ0) is 14.4. The third kappa shape index (κ3) is 1.64. The molecule has 2 heterocycles. The molecule has 106 valence electrons. The van der Waals surface area contributed by atoms with Gasteiger partial charge in [-0.2, -0.15) is 0 Å². The number of benzene rings is 1. The van der Waals surface area contributed by atoms with Crippen LogP contribution in [0.4, 0.5) is 0 Å². The zero-order valence-corrected chi connectivity index (χ0v) is 11.8. The molecule has 0 amide bonds. The smallest absolute Gasteiger partial charge is 0.325 e. The van der Waals surface area contributed by atoms with Crippen molar-refractivity contribution in [3.05, 3.63) is 35.4 Å². The summed E-state index contributed by atoms with van der Waals surface area (Å²) in [4.78, 5) is 25.4. The van der Waals surface area contributed by atoms with Gasteiger partial charge in [0.2, 0.25) is 0 Å². The SMILES string of the molecule is Cc1ccccc1C1(C)C(=O)OC2(CCCOC2)C1=O. The molecule has 1 aromatic carbocycles. The van der Waals surface area contributed by atoms with Gasteiger partial charge in [-0.1, -0.05) is 24.3 Å². The highest BCUT2D eigenvalue weighted by atomic mass is 16.6. The van der Waals surface area contributed by atoms with E-state index in [9.17, 15) is 9.59 Å². The largest absolute Gasteiger partial charge is 0.447 e. The van der Waals surface area contributed by atoms with Crippen molar-refractivity contribution in [2.24, 2.45) is 0 Å². The molecule has 2 aliphatic heterocycles. The number of hydrogen-bond acceptors (Lipinski definition) is 4. The van der Waals surface area contributed by atoms with Crippen molar-refractivity contribution in [1.29, 1.82) is 0 Å². The van der Waals surface area contributed by atoms with Crippen LogP contribution in [0.5, 0.6) is 0 Å². The first-order valence-corrected chi connectivity index (χ1v) is 6.93. The summed E-state index contributed by atoms with van der Waals surface area (Å²) in [6.45, 7) is 4.37. The first-order valence-electron chi connectivity index (χ1n) is 6.93. The normalized spacial score (nSPS) is 33.5. The summed E-state index contributed by atoms with van der Waals surface area (Å²) in [7, 11) is 0. The van der Waals surface area contributed by atoms with E-state index in [0.717, 1.165) is 17.5 Å². The topological polar surface area (TPSA) is 52.6 Å². The second-order valence-electron chi connectivity index (χ2n) is 5.81. The average Bonchev–Trinajstić information content (AvgIpc) is 2.63. The van der Waals surface area contributed by atoms with Crippen LogP contribution in [0.25, 0.3) is 0 Å². The highest BCUT2D eigenvalue weighted by Crippen LogP contribution is 2.44. The minimum atomic E-state index is -1.22. The number of rotatable bonds is 1. The fraction of sp³-hybridized carbons (Fsp3) is 0.500. The maximum atomic E-state index is 12.9. The van der Waals surface area contributed by atoms with E-state index in [-0.39, 0.29) is 12.4 Å². The fourth-order valence-electron chi connectivity index (χ4n) is 3.27. The lowest BCUT2D eigenvalue weighted by Crippen LogP contribution is -2.48. The predicted molar refractivity (Wildman–Crippen MR) is 72.4 cm³/mol. The van der Waals surface area contributed by atoms with Gasteiger partial charge in [-0.15, -0.1) is 0 Å². The minimum Gasteiger partial charge on any atom is -0.447 e. The van der Waals surface area contributed by atoms with Crippen molar-refractivity contribution in [2.45, 2.75) is 37.7 Å². The second-order valence-corrected chi connectivity index (χ2v) is 5.81. The van der Waals surface area contributed by atoms with Gasteiger partial charge in [0.05, 0.1) is 6.61 Å².